The van der Waals surface area contributed by atoms with Crippen LogP contribution >= 0.6 is 12.4 Å². The molecule has 1 aromatic rings. The van der Waals surface area contributed by atoms with Crippen LogP contribution < -0.4 is 5.32 Å². The second-order valence-electron chi connectivity index (χ2n) is 5.42. The Hall–Kier alpha value is -1.66. The predicted molar refractivity (Wildman–Crippen MR) is 89.7 cm³/mol. The Balaban J connectivity index is 0.00000264. The molecule has 0 aromatic heterocycles. The highest BCUT2D eigenvalue weighted by Gasteiger charge is 2.19. The third-order valence-corrected chi connectivity index (χ3v) is 3.92. The van der Waals surface area contributed by atoms with Gasteiger partial charge in [-0.2, -0.15) is 0 Å². The van der Waals surface area contributed by atoms with E-state index >= 15 is 0 Å². The number of nitrogens with one attached hydrogen (secondary N) is 1. The first-order chi connectivity index (χ1) is 10.6. The summed E-state index contributed by atoms with van der Waals surface area (Å²) >= 11 is 0. The summed E-state index contributed by atoms with van der Waals surface area (Å²) in [6.45, 7) is 3.93. The smallest absolute Gasteiger partial charge is 0.317 e. The average Bonchev–Trinajstić information content (AvgIpc) is 2.55. The maximum Gasteiger partial charge on any atom is 0.317 e. The molecule has 0 unspecified atom stereocenters. The van der Waals surface area contributed by atoms with E-state index in [0.717, 1.165) is 26.1 Å². The lowest BCUT2D eigenvalue weighted by Crippen LogP contribution is -2.51. The van der Waals surface area contributed by atoms with Gasteiger partial charge in [0.2, 0.25) is 0 Å². The normalized spacial score (nSPS) is 15.0. The van der Waals surface area contributed by atoms with Gasteiger partial charge < -0.3 is 10.2 Å². The van der Waals surface area contributed by atoms with Crippen molar-refractivity contribution < 1.29 is 14.0 Å². The summed E-state index contributed by atoms with van der Waals surface area (Å²) in [4.78, 5) is 27.5. The van der Waals surface area contributed by atoms with Gasteiger partial charge in [0.05, 0.1) is 0 Å². The third kappa shape index (κ3) is 5.80. The monoisotopic (exact) mass is 343 g/mol. The molecule has 0 atom stereocenters. The molecule has 0 saturated carbocycles. The number of halogens is 2. The number of carbonyl (C=O) groups is 2. The molecule has 0 aliphatic carbocycles. The molecule has 0 radical (unpaired) electrons. The molecule has 1 heterocycles. The summed E-state index contributed by atoms with van der Waals surface area (Å²) in [5, 5.41) is 2.63. The van der Waals surface area contributed by atoms with Crippen LogP contribution in [0.5, 0.6) is 0 Å². The van der Waals surface area contributed by atoms with Crippen LogP contribution in [0, 0.1) is 5.82 Å². The Morgan fingerprint density at radius 2 is 1.74 bits per heavy atom. The number of hydrogen-bond donors (Lipinski definition) is 1. The van der Waals surface area contributed by atoms with Crippen molar-refractivity contribution in [1.82, 2.24) is 15.1 Å². The number of urea groups is 1. The van der Waals surface area contributed by atoms with Gasteiger partial charge in [-0.3, -0.25) is 9.69 Å². The van der Waals surface area contributed by atoms with Crippen molar-refractivity contribution in [3.63, 3.8) is 0 Å². The first-order valence-corrected chi connectivity index (χ1v) is 7.58. The molecule has 7 heteroatoms. The van der Waals surface area contributed by atoms with E-state index in [-0.39, 0.29) is 30.0 Å². The zero-order valence-electron chi connectivity index (χ0n) is 13.3. The second-order valence-corrected chi connectivity index (χ2v) is 5.42. The molecule has 5 nitrogen and oxygen atoms in total. The molecule has 1 N–H and O–H groups in total. The number of Topliss-reactive ketones (excluding diaryl/α,β-unsaturated/α-hetero) is 1. The molecule has 128 valence electrons. The van der Waals surface area contributed by atoms with Crippen molar-refractivity contribution >= 4 is 24.2 Å². The lowest BCUT2D eigenvalue weighted by molar-refractivity contribution is 0.0968. The maximum absolute atomic E-state index is 12.8. The molecule has 1 aliphatic rings. The van der Waals surface area contributed by atoms with Crippen molar-refractivity contribution in [1.29, 1.82) is 0 Å². The quantitative estimate of drug-likeness (QED) is 0.834. The van der Waals surface area contributed by atoms with E-state index in [2.05, 4.69) is 10.2 Å². The summed E-state index contributed by atoms with van der Waals surface area (Å²) in [6, 6.07) is 5.64. The van der Waals surface area contributed by atoms with Crippen molar-refractivity contribution in [3.05, 3.63) is 35.6 Å². The SMILES string of the molecule is CNC(=O)N1CCN(CCCC(=O)c2ccc(F)cc2)CC1.Cl. The number of ketones is 1. The average molecular weight is 344 g/mol. The summed E-state index contributed by atoms with van der Waals surface area (Å²) < 4.78 is 12.8. The predicted octanol–water partition coefficient (Wildman–Crippen LogP) is 2.17. The lowest BCUT2D eigenvalue weighted by atomic mass is 10.1. The first kappa shape index (κ1) is 19.4. The fraction of sp³-hybridized carbons (Fsp3) is 0.500. The number of benzene rings is 1. The molecule has 2 amide bonds. The number of nitrogens with zero attached hydrogens (tertiary/aromatic N) is 2. The van der Waals surface area contributed by atoms with Crippen LogP contribution in [0.25, 0.3) is 0 Å². The molecular formula is C16H23ClFN3O2. The van der Waals surface area contributed by atoms with E-state index in [4.69, 9.17) is 0 Å². The molecule has 1 aliphatic heterocycles. The van der Waals surface area contributed by atoms with Crippen LogP contribution in [0.4, 0.5) is 9.18 Å². The molecule has 23 heavy (non-hydrogen) atoms. The van der Waals surface area contributed by atoms with E-state index in [9.17, 15) is 14.0 Å². The van der Waals surface area contributed by atoms with Crippen LogP contribution in [-0.2, 0) is 0 Å². The highest BCUT2D eigenvalue weighted by atomic mass is 35.5. The summed E-state index contributed by atoms with van der Waals surface area (Å²) in [5.41, 5.74) is 0.561. The van der Waals surface area contributed by atoms with Crippen LogP contribution in [0.3, 0.4) is 0 Å². The zero-order chi connectivity index (χ0) is 15.9. The largest absolute Gasteiger partial charge is 0.341 e. The topological polar surface area (TPSA) is 52.7 Å². The van der Waals surface area contributed by atoms with E-state index in [1.54, 1.807) is 11.9 Å². The van der Waals surface area contributed by atoms with Gasteiger partial charge >= 0.3 is 6.03 Å². The van der Waals surface area contributed by atoms with Crippen molar-refractivity contribution in [2.75, 3.05) is 39.8 Å². The molecular weight excluding hydrogens is 321 g/mol. The molecule has 0 spiro atoms. The van der Waals surface area contributed by atoms with Crippen LogP contribution in [-0.4, -0.2) is 61.4 Å². The minimum absolute atomic E-state index is 0. The second kappa shape index (κ2) is 9.47. The van der Waals surface area contributed by atoms with Gasteiger partial charge in [-0.25, -0.2) is 9.18 Å². The number of amides is 2. The van der Waals surface area contributed by atoms with Gasteiger partial charge in [0, 0.05) is 45.2 Å². The summed E-state index contributed by atoms with van der Waals surface area (Å²) in [5.74, 6) is -0.283. The van der Waals surface area contributed by atoms with E-state index in [0.29, 0.717) is 25.1 Å². The zero-order valence-corrected chi connectivity index (χ0v) is 14.1. The molecule has 1 saturated heterocycles. The minimum atomic E-state index is -0.328. The lowest BCUT2D eigenvalue weighted by Gasteiger charge is -2.34. The Kier molecular flexibility index (Phi) is 7.98. The van der Waals surface area contributed by atoms with E-state index in [1.807, 2.05) is 0 Å². The van der Waals surface area contributed by atoms with E-state index in [1.165, 1.54) is 24.3 Å². The fourth-order valence-corrected chi connectivity index (χ4v) is 2.58. The Morgan fingerprint density at radius 1 is 1.13 bits per heavy atom. The van der Waals surface area contributed by atoms with Crippen LogP contribution in [0.2, 0.25) is 0 Å². The minimum Gasteiger partial charge on any atom is -0.341 e. The van der Waals surface area contributed by atoms with Crippen molar-refractivity contribution in [2.24, 2.45) is 0 Å². The molecule has 1 fully saturated rings. The van der Waals surface area contributed by atoms with Gasteiger partial charge in [0.25, 0.3) is 0 Å². The number of rotatable bonds is 5. The first-order valence-electron chi connectivity index (χ1n) is 7.58. The highest BCUT2D eigenvalue weighted by molar-refractivity contribution is 5.95. The standard InChI is InChI=1S/C16H22FN3O2.ClH/c1-18-16(22)20-11-9-19(10-12-20)8-2-3-15(21)13-4-6-14(17)7-5-13;/h4-7H,2-3,8-12H2,1H3,(H,18,22);1H. The Labute approximate surface area is 142 Å². The number of hydrogen-bond acceptors (Lipinski definition) is 3. The van der Waals surface area contributed by atoms with Gasteiger partial charge in [-0.1, -0.05) is 0 Å². The molecule has 2 rings (SSSR count). The van der Waals surface area contributed by atoms with Crippen LogP contribution in [0.15, 0.2) is 24.3 Å². The summed E-state index contributed by atoms with van der Waals surface area (Å²) in [6.07, 6.45) is 1.23. The maximum atomic E-state index is 12.8. The van der Waals surface area contributed by atoms with Gasteiger partial charge in [-0.05, 0) is 37.2 Å². The molecule has 0 bridgehead atoms. The van der Waals surface area contributed by atoms with Gasteiger partial charge in [0.15, 0.2) is 5.78 Å². The third-order valence-electron chi connectivity index (χ3n) is 3.92. The Morgan fingerprint density at radius 3 is 2.30 bits per heavy atom. The Bertz CT molecular complexity index is 517. The number of piperazine rings is 1. The van der Waals surface area contributed by atoms with E-state index < -0.39 is 0 Å². The fourth-order valence-electron chi connectivity index (χ4n) is 2.58. The summed E-state index contributed by atoms with van der Waals surface area (Å²) in [7, 11) is 1.63. The number of carbonyl (C=O) groups excluding carboxylic acids is 2. The van der Waals surface area contributed by atoms with Crippen molar-refractivity contribution in [2.45, 2.75) is 12.8 Å². The van der Waals surface area contributed by atoms with Crippen LogP contribution in [0.1, 0.15) is 23.2 Å². The molecule has 1 aromatic carbocycles. The van der Waals surface area contributed by atoms with Gasteiger partial charge in [0.1, 0.15) is 5.82 Å². The van der Waals surface area contributed by atoms with Crippen molar-refractivity contribution in [3.8, 4) is 0 Å². The highest BCUT2D eigenvalue weighted by Crippen LogP contribution is 2.09. The van der Waals surface area contributed by atoms with Gasteiger partial charge in [-0.15, -0.1) is 12.4 Å².